The number of fused-ring (bicyclic) bond motifs is 2. The van der Waals surface area contributed by atoms with Crippen molar-refractivity contribution in [2.45, 2.75) is 12.5 Å². The zero-order chi connectivity index (χ0) is 23.7. The van der Waals surface area contributed by atoms with Crippen molar-refractivity contribution in [1.29, 1.82) is 0 Å². The first kappa shape index (κ1) is 22.0. The number of aromatic nitrogens is 2. The second-order valence-electron chi connectivity index (χ2n) is 8.01. The Balaban J connectivity index is 1.42. The van der Waals surface area contributed by atoms with Crippen molar-refractivity contribution in [1.82, 2.24) is 20.4 Å². The van der Waals surface area contributed by atoms with Crippen LogP contribution in [-0.2, 0) is 6.42 Å². The molecule has 0 radical (unpaired) electrons. The van der Waals surface area contributed by atoms with E-state index in [1.165, 1.54) is 31.1 Å². The van der Waals surface area contributed by atoms with Crippen LogP contribution in [0.2, 0.25) is 0 Å². The van der Waals surface area contributed by atoms with Crippen molar-refractivity contribution in [3.63, 3.8) is 0 Å². The number of thiophene rings is 1. The number of amides is 2. The van der Waals surface area contributed by atoms with Gasteiger partial charge in [0.15, 0.2) is 11.5 Å². The van der Waals surface area contributed by atoms with E-state index in [0.717, 1.165) is 22.9 Å². The Bertz CT molecular complexity index is 1360. The van der Waals surface area contributed by atoms with Gasteiger partial charge in [-0.25, -0.2) is 0 Å². The Morgan fingerprint density at radius 2 is 2.06 bits per heavy atom. The maximum absolute atomic E-state index is 13.6. The lowest BCUT2D eigenvalue weighted by atomic mass is 9.91. The lowest BCUT2D eigenvalue weighted by molar-refractivity contribution is 0.0649. The molecule has 2 amide bonds. The van der Waals surface area contributed by atoms with Gasteiger partial charge in [0.2, 0.25) is 0 Å². The molecule has 0 saturated heterocycles. The first-order valence-electron chi connectivity index (χ1n) is 10.9. The number of rotatable bonds is 6. The number of aromatic amines is 1. The molecule has 0 fully saturated rings. The maximum Gasteiger partial charge on any atom is 0.265 e. The normalized spacial score (nSPS) is 15.1. The zero-order valence-electron chi connectivity index (χ0n) is 18.8. The molecule has 5 rings (SSSR count). The van der Waals surface area contributed by atoms with E-state index >= 15 is 0 Å². The third-order valence-corrected chi connectivity index (χ3v) is 7.10. The smallest absolute Gasteiger partial charge is 0.265 e. The van der Waals surface area contributed by atoms with Crippen LogP contribution in [0.4, 0.5) is 0 Å². The SMILES string of the molecule is COc1csc(C(=O)NCC2c3ccccc3CCN2C(=O)c2ccc3[nH]ncc3c2)c1OC. The highest BCUT2D eigenvalue weighted by Crippen LogP contribution is 2.37. The van der Waals surface area contributed by atoms with Crippen molar-refractivity contribution in [3.05, 3.63) is 75.6 Å². The second kappa shape index (κ2) is 9.18. The molecule has 1 aliphatic heterocycles. The molecule has 9 heteroatoms. The summed E-state index contributed by atoms with van der Waals surface area (Å²) in [6.45, 7) is 0.842. The van der Waals surface area contributed by atoms with Gasteiger partial charge in [0.25, 0.3) is 11.8 Å². The molecule has 8 nitrogen and oxygen atoms in total. The lowest BCUT2D eigenvalue weighted by Gasteiger charge is -2.37. The molecule has 34 heavy (non-hydrogen) atoms. The summed E-state index contributed by atoms with van der Waals surface area (Å²) in [4.78, 5) is 28.9. The molecule has 1 aliphatic rings. The summed E-state index contributed by atoms with van der Waals surface area (Å²) in [5, 5.41) is 12.6. The maximum atomic E-state index is 13.6. The van der Waals surface area contributed by atoms with Crippen LogP contribution in [0.15, 0.2) is 54.0 Å². The van der Waals surface area contributed by atoms with Crippen LogP contribution in [-0.4, -0.2) is 54.2 Å². The number of carbonyl (C=O) groups excluding carboxylic acids is 2. The number of hydrogen-bond acceptors (Lipinski definition) is 6. The van der Waals surface area contributed by atoms with E-state index in [-0.39, 0.29) is 24.4 Å². The molecule has 2 aromatic carbocycles. The van der Waals surface area contributed by atoms with Gasteiger partial charge >= 0.3 is 0 Å². The first-order valence-corrected chi connectivity index (χ1v) is 11.8. The topological polar surface area (TPSA) is 96.6 Å². The van der Waals surface area contributed by atoms with E-state index in [2.05, 4.69) is 21.6 Å². The average molecular weight is 477 g/mol. The second-order valence-corrected chi connectivity index (χ2v) is 8.89. The van der Waals surface area contributed by atoms with Gasteiger partial charge in [0.1, 0.15) is 4.88 Å². The highest BCUT2D eigenvalue weighted by Gasteiger charge is 2.32. The molecule has 0 spiro atoms. The molecule has 174 valence electrons. The summed E-state index contributed by atoms with van der Waals surface area (Å²) >= 11 is 1.26. The molecule has 2 aromatic heterocycles. The van der Waals surface area contributed by atoms with Crippen LogP contribution >= 0.6 is 11.3 Å². The summed E-state index contributed by atoms with van der Waals surface area (Å²) in [7, 11) is 3.05. The molecule has 0 bridgehead atoms. The minimum absolute atomic E-state index is 0.0766. The van der Waals surface area contributed by atoms with Gasteiger partial charge in [-0.2, -0.15) is 5.10 Å². The Kier molecular flexibility index (Phi) is 5.93. The van der Waals surface area contributed by atoms with Gasteiger partial charge in [0.05, 0.1) is 32.0 Å². The van der Waals surface area contributed by atoms with Crippen LogP contribution in [0, 0.1) is 0 Å². The summed E-state index contributed by atoms with van der Waals surface area (Å²) in [5.41, 5.74) is 3.70. The molecular formula is C25H24N4O4S. The predicted molar refractivity (Wildman–Crippen MR) is 130 cm³/mol. The standard InChI is InChI=1S/C25H24N4O4S/c1-32-21-14-34-23(22(21)33-2)24(30)26-13-20-18-6-4-3-5-15(18)9-10-29(20)25(31)16-7-8-19-17(11-16)12-27-28-19/h3-8,11-12,14,20H,9-10,13H2,1-2H3,(H,26,30)(H,27,28). The Morgan fingerprint density at radius 3 is 2.88 bits per heavy atom. The number of benzene rings is 2. The number of nitrogens with zero attached hydrogens (tertiary/aromatic N) is 2. The number of carbonyl (C=O) groups is 2. The summed E-state index contributed by atoms with van der Waals surface area (Å²) < 4.78 is 10.7. The van der Waals surface area contributed by atoms with E-state index in [9.17, 15) is 9.59 Å². The Hall–Kier alpha value is -3.85. The number of ether oxygens (including phenoxy) is 2. The van der Waals surface area contributed by atoms with E-state index in [0.29, 0.717) is 28.5 Å². The molecule has 2 N–H and O–H groups in total. The van der Waals surface area contributed by atoms with Crippen molar-refractivity contribution < 1.29 is 19.1 Å². The van der Waals surface area contributed by atoms with Gasteiger partial charge in [-0.3, -0.25) is 14.7 Å². The van der Waals surface area contributed by atoms with Crippen LogP contribution in [0.3, 0.4) is 0 Å². The minimum atomic E-state index is -0.297. The summed E-state index contributed by atoms with van der Waals surface area (Å²) in [6, 6.07) is 13.3. The quantitative estimate of drug-likeness (QED) is 0.441. The third-order valence-electron chi connectivity index (χ3n) is 6.16. The molecule has 3 heterocycles. The Morgan fingerprint density at radius 1 is 1.21 bits per heavy atom. The predicted octanol–water partition coefficient (Wildman–Crippen LogP) is 3.81. The third kappa shape index (κ3) is 3.88. The monoisotopic (exact) mass is 476 g/mol. The fourth-order valence-electron chi connectivity index (χ4n) is 4.45. The molecule has 0 saturated carbocycles. The highest BCUT2D eigenvalue weighted by atomic mass is 32.1. The van der Waals surface area contributed by atoms with Crippen molar-refractivity contribution in [2.24, 2.45) is 0 Å². The number of methoxy groups -OCH3 is 2. The van der Waals surface area contributed by atoms with Crippen LogP contribution in [0.25, 0.3) is 10.9 Å². The summed E-state index contributed by atoms with van der Waals surface area (Å²) in [6.07, 6.45) is 2.47. The number of nitrogens with one attached hydrogen (secondary N) is 2. The van der Waals surface area contributed by atoms with Crippen molar-refractivity contribution in [3.8, 4) is 11.5 Å². The lowest BCUT2D eigenvalue weighted by Crippen LogP contribution is -2.45. The number of hydrogen-bond donors (Lipinski definition) is 2. The Labute approximate surface area is 200 Å². The fourth-order valence-corrected chi connectivity index (χ4v) is 5.35. The summed E-state index contributed by atoms with van der Waals surface area (Å²) in [5.74, 6) is 0.593. The largest absolute Gasteiger partial charge is 0.492 e. The van der Waals surface area contributed by atoms with E-state index < -0.39 is 0 Å². The van der Waals surface area contributed by atoms with E-state index in [1.54, 1.807) is 11.6 Å². The van der Waals surface area contributed by atoms with E-state index in [1.807, 2.05) is 41.3 Å². The van der Waals surface area contributed by atoms with Gasteiger partial charge in [-0.15, -0.1) is 11.3 Å². The van der Waals surface area contributed by atoms with Crippen LogP contribution in [0.5, 0.6) is 11.5 Å². The van der Waals surface area contributed by atoms with Crippen LogP contribution in [0.1, 0.15) is 37.2 Å². The van der Waals surface area contributed by atoms with Gasteiger partial charge in [-0.1, -0.05) is 24.3 Å². The molecule has 1 unspecified atom stereocenters. The fraction of sp³-hybridized carbons (Fsp3) is 0.240. The van der Waals surface area contributed by atoms with Gasteiger partial charge < -0.3 is 19.7 Å². The number of H-pyrrole nitrogens is 1. The van der Waals surface area contributed by atoms with Crippen molar-refractivity contribution in [2.75, 3.05) is 27.3 Å². The van der Waals surface area contributed by atoms with Crippen LogP contribution < -0.4 is 14.8 Å². The van der Waals surface area contributed by atoms with Gasteiger partial charge in [0, 0.05) is 29.4 Å². The molecule has 0 aliphatic carbocycles. The molecular weight excluding hydrogens is 452 g/mol. The van der Waals surface area contributed by atoms with Gasteiger partial charge in [-0.05, 0) is 35.7 Å². The highest BCUT2D eigenvalue weighted by molar-refractivity contribution is 7.12. The zero-order valence-corrected chi connectivity index (χ0v) is 19.6. The van der Waals surface area contributed by atoms with Crippen molar-refractivity contribution >= 4 is 34.1 Å². The minimum Gasteiger partial charge on any atom is -0.492 e. The molecule has 4 aromatic rings. The average Bonchev–Trinajstić information content (AvgIpc) is 3.52. The molecule has 1 atom stereocenters. The first-order chi connectivity index (χ1) is 16.6. The van der Waals surface area contributed by atoms with E-state index in [4.69, 9.17) is 9.47 Å².